The molecule has 2 heterocycles. The highest BCUT2D eigenvalue weighted by molar-refractivity contribution is 5.80. The van der Waals surface area contributed by atoms with Gasteiger partial charge in [-0.15, -0.1) is 0 Å². The number of aliphatic carboxylic acids is 1. The van der Waals surface area contributed by atoms with Crippen LogP contribution in [0.2, 0.25) is 0 Å². The minimum atomic E-state index is -0.794. The number of likely N-dealkylation sites (tertiary alicyclic amines) is 2. The molecule has 1 amide bonds. The Bertz CT molecular complexity index is 339. The first-order valence-corrected chi connectivity index (χ1v) is 6.75. The van der Waals surface area contributed by atoms with Gasteiger partial charge in [-0.05, 0) is 39.3 Å². The predicted octanol–water partition coefficient (Wildman–Crippen LogP) is 0.795. The van der Waals surface area contributed by atoms with Gasteiger partial charge in [-0.3, -0.25) is 9.59 Å². The second-order valence-electron chi connectivity index (χ2n) is 5.73. The highest BCUT2D eigenvalue weighted by atomic mass is 16.4. The molecular formula is C13H22N2O3. The summed E-state index contributed by atoms with van der Waals surface area (Å²) in [6.45, 7) is 5.69. The molecule has 102 valence electrons. The molecule has 5 heteroatoms. The molecule has 1 atom stereocenters. The maximum Gasteiger partial charge on any atom is 0.311 e. The summed E-state index contributed by atoms with van der Waals surface area (Å²) in [7, 11) is 0. The summed E-state index contributed by atoms with van der Waals surface area (Å²) < 4.78 is 0. The fraction of sp³-hybridized carbons (Fsp3) is 0.846. The number of amides is 1. The topological polar surface area (TPSA) is 60.9 Å². The van der Waals surface area contributed by atoms with Crippen molar-refractivity contribution in [2.45, 2.75) is 32.6 Å². The molecule has 0 saturated carbocycles. The fourth-order valence-electron chi connectivity index (χ4n) is 2.77. The van der Waals surface area contributed by atoms with Crippen LogP contribution in [0.15, 0.2) is 0 Å². The standard InChI is InChI=1S/C13H22N2O3/c1-13(12(17)18)5-9-15(10-13)11(16)4-8-14-6-2-3-7-14/h2-10H2,1H3,(H,17,18). The molecule has 0 spiro atoms. The predicted molar refractivity (Wildman–Crippen MR) is 67.2 cm³/mol. The maximum absolute atomic E-state index is 12.0. The number of carbonyl (C=O) groups is 2. The van der Waals surface area contributed by atoms with E-state index in [2.05, 4.69) is 4.90 Å². The van der Waals surface area contributed by atoms with Crippen LogP contribution < -0.4 is 0 Å². The van der Waals surface area contributed by atoms with E-state index in [1.54, 1.807) is 11.8 Å². The summed E-state index contributed by atoms with van der Waals surface area (Å²) in [6, 6.07) is 0. The Balaban J connectivity index is 1.78. The van der Waals surface area contributed by atoms with Gasteiger partial charge in [0.15, 0.2) is 0 Å². The van der Waals surface area contributed by atoms with Crippen molar-refractivity contribution in [2.75, 3.05) is 32.7 Å². The lowest BCUT2D eigenvalue weighted by Gasteiger charge is -2.21. The average molecular weight is 254 g/mol. The van der Waals surface area contributed by atoms with Crippen LogP contribution in [0.5, 0.6) is 0 Å². The van der Waals surface area contributed by atoms with Crippen molar-refractivity contribution >= 4 is 11.9 Å². The number of nitrogens with zero attached hydrogens (tertiary/aromatic N) is 2. The molecule has 0 aromatic heterocycles. The molecule has 0 aromatic carbocycles. The number of carbonyl (C=O) groups excluding carboxylic acids is 1. The Kier molecular flexibility index (Phi) is 3.90. The summed E-state index contributed by atoms with van der Waals surface area (Å²) in [6.07, 6.45) is 3.55. The zero-order valence-electron chi connectivity index (χ0n) is 11.0. The van der Waals surface area contributed by atoms with Crippen molar-refractivity contribution in [3.05, 3.63) is 0 Å². The van der Waals surface area contributed by atoms with Gasteiger partial charge in [0.25, 0.3) is 0 Å². The minimum absolute atomic E-state index is 0.104. The number of hydrogen-bond acceptors (Lipinski definition) is 3. The van der Waals surface area contributed by atoms with E-state index < -0.39 is 11.4 Å². The van der Waals surface area contributed by atoms with Gasteiger partial charge in [-0.25, -0.2) is 0 Å². The second-order valence-corrected chi connectivity index (χ2v) is 5.73. The molecule has 18 heavy (non-hydrogen) atoms. The zero-order chi connectivity index (χ0) is 13.2. The van der Waals surface area contributed by atoms with Gasteiger partial charge >= 0.3 is 5.97 Å². The fourth-order valence-corrected chi connectivity index (χ4v) is 2.77. The van der Waals surface area contributed by atoms with Crippen molar-refractivity contribution in [2.24, 2.45) is 5.41 Å². The van der Waals surface area contributed by atoms with Gasteiger partial charge in [-0.2, -0.15) is 0 Å². The van der Waals surface area contributed by atoms with E-state index in [0.717, 1.165) is 19.6 Å². The lowest BCUT2D eigenvalue weighted by molar-refractivity contribution is -0.147. The van der Waals surface area contributed by atoms with E-state index >= 15 is 0 Å². The highest BCUT2D eigenvalue weighted by Crippen LogP contribution is 2.30. The van der Waals surface area contributed by atoms with E-state index in [0.29, 0.717) is 25.9 Å². The minimum Gasteiger partial charge on any atom is -0.481 e. The van der Waals surface area contributed by atoms with Crippen molar-refractivity contribution in [1.82, 2.24) is 9.80 Å². The maximum atomic E-state index is 12.0. The molecule has 0 bridgehead atoms. The zero-order valence-corrected chi connectivity index (χ0v) is 11.0. The molecule has 0 radical (unpaired) electrons. The number of hydrogen-bond donors (Lipinski definition) is 1. The summed E-state index contributed by atoms with van der Waals surface area (Å²) in [4.78, 5) is 27.2. The molecule has 1 N–H and O–H groups in total. The lowest BCUT2D eigenvalue weighted by atomic mass is 9.90. The quantitative estimate of drug-likeness (QED) is 0.806. The molecular weight excluding hydrogens is 232 g/mol. The Morgan fingerprint density at radius 3 is 2.44 bits per heavy atom. The Labute approximate surface area is 108 Å². The molecule has 2 rings (SSSR count). The Morgan fingerprint density at radius 2 is 1.89 bits per heavy atom. The number of carboxylic acids is 1. The van der Waals surface area contributed by atoms with Crippen LogP contribution in [-0.2, 0) is 9.59 Å². The smallest absolute Gasteiger partial charge is 0.311 e. The molecule has 2 aliphatic rings. The molecule has 2 aliphatic heterocycles. The largest absolute Gasteiger partial charge is 0.481 e. The van der Waals surface area contributed by atoms with Crippen molar-refractivity contribution in [3.63, 3.8) is 0 Å². The van der Waals surface area contributed by atoms with Crippen LogP contribution in [0.1, 0.15) is 32.6 Å². The van der Waals surface area contributed by atoms with Crippen LogP contribution in [0.3, 0.4) is 0 Å². The third-order valence-corrected chi connectivity index (χ3v) is 4.18. The third-order valence-electron chi connectivity index (χ3n) is 4.18. The molecule has 1 unspecified atom stereocenters. The van der Waals surface area contributed by atoms with Gasteiger partial charge in [0, 0.05) is 26.1 Å². The van der Waals surface area contributed by atoms with E-state index in [1.807, 2.05) is 0 Å². The molecule has 0 aromatic rings. The van der Waals surface area contributed by atoms with E-state index in [1.165, 1.54) is 12.8 Å². The normalized spacial score (nSPS) is 28.8. The van der Waals surface area contributed by atoms with Crippen molar-refractivity contribution < 1.29 is 14.7 Å². The summed E-state index contributed by atoms with van der Waals surface area (Å²) in [5.74, 6) is -0.691. The first-order chi connectivity index (χ1) is 8.51. The van der Waals surface area contributed by atoms with E-state index in [-0.39, 0.29) is 5.91 Å². The summed E-state index contributed by atoms with van der Waals surface area (Å²) in [5, 5.41) is 9.13. The van der Waals surface area contributed by atoms with Gasteiger partial charge in [0.2, 0.25) is 5.91 Å². The highest BCUT2D eigenvalue weighted by Gasteiger charge is 2.41. The molecule has 2 fully saturated rings. The Hall–Kier alpha value is -1.10. The molecule has 0 aliphatic carbocycles. The van der Waals surface area contributed by atoms with Crippen LogP contribution in [-0.4, -0.2) is 59.5 Å². The van der Waals surface area contributed by atoms with E-state index in [4.69, 9.17) is 5.11 Å². The summed E-state index contributed by atoms with van der Waals surface area (Å²) in [5.41, 5.74) is -0.747. The van der Waals surface area contributed by atoms with Crippen LogP contribution in [0.25, 0.3) is 0 Å². The van der Waals surface area contributed by atoms with Gasteiger partial charge in [0.05, 0.1) is 5.41 Å². The third kappa shape index (κ3) is 2.83. The molecule has 5 nitrogen and oxygen atoms in total. The first kappa shape index (κ1) is 13.3. The van der Waals surface area contributed by atoms with Gasteiger partial charge in [0.1, 0.15) is 0 Å². The van der Waals surface area contributed by atoms with Crippen molar-refractivity contribution in [1.29, 1.82) is 0 Å². The number of rotatable bonds is 4. The SMILES string of the molecule is CC1(C(=O)O)CCN(C(=O)CCN2CCCC2)C1. The lowest BCUT2D eigenvalue weighted by Crippen LogP contribution is -2.36. The van der Waals surface area contributed by atoms with E-state index in [9.17, 15) is 9.59 Å². The number of carboxylic acid groups (broad SMARTS) is 1. The van der Waals surface area contributed by atoms with Crippen molar-refractivity contribution in [3.8, 4) is 0 Å². The summed E-state index contributed by atoms with van der Waals surface area (Å²) >= 11 is 0. The van der Waals surface area contributed by atoms with Gasteiger partial charge in [-0.1, -0.05) is 0 Å². The second kappa shape index (κ2) is 5.26. The van der Waals surface area contributed by atoms with Crippen LogP contribution in [0, 0.1) is 5.41 Å². The van der Waals surface area contributed by atoms with Crippen LogP contribution in [0.4, 0.5) is 0 Å². The monoisotopic (exact) mass is 254 g/mol. The molecule has 2 saturated heterocycles. The van der Waals surface area contributed by atoms with Crippen LogP contribution >= 0.6 is 0 Å². The Morgan fingerprint density at radius 1 is 1.22 bits per heavy atom. The van der Waals surface area contributed by atoms with Gasteiger partial charge < -0.3 is 14.9 Å². The average Bonchev–Trinajstić information content (AvgIpc) is 2.95. The first-order valence-electron chi connectivity index (χ1n) is 6.75.